The van der Waals surface area contributed by atoms with E-state index in [1.165, 1.54) is 64.5 Å². The minimum absolute atomic E-state index is 0. The molecule has 0 N–H and O–H groups in total. The van der Waals surface area contributed by atoms with Gasteiger partial charge in [0.1, 0.15) is 0 Å². The van der Waals surface area contributed by atoms with Crippen molar-refractivity contribution in [3.05, 3.63) is 194 Å². The van der Waals surface area contributed by atoms with E-state index in [4.69, 9.17) is 29.7 Å². The van der Waals surface area contributed by atoms with E-state index in [1.807, 2.05) is 0 Å². The maximum absolute atomic E-state index is 8.89. The molecule has 0 aliphatic carbocycles. The third-order valence-electron chi connectivity index (χ3n) is 8.60. The number of carbonyl (C=O) groups excluding carboxylic acids is 3. The Morgan fingerprint density at radius 2 is 0.559 bits per heavy atom. The second-order valence-electron chi connectivity index (χ2n) is 12.8. The summed E-state index contributed by atoms with van der Waals surface area (Å²) in [6.45, 7) is 2.92. The summed E-state index contributed by atoms with van der Waals surface area (Å²) in [5.74, 6) is -3.25. The van der Waals surface area contributed by atoms with Crippen molar-refractivity contribution < 1.29 is 49.2 Å². The van der Waals surface area contributed by atoms with Crippen LogP contribution in [0.2, 0.25) is 0 Å². The SMILES string of the molecule is CC(=O)[O-].CC(=O)[O-].CC(=O)[O-].[Ru+3].c1ccc(P(c2ccccc2)c2ccc3ccccc3c2-c2c(P(c3ccccc3)c3ccccc3)ccc3ccccc23)cc1. The van der Waals surface area contributed by atoms with E-state index in [0.717, 1.165) is 20.8 Å². The van der Waals surface area contributed by atoms with Crippen molar-refractivity contribution in [2.45, 2.75) is 20.8 Å². The first-order chi connectivity index (χ1) is 28.1. The van der Waals surface area contributed by atoms with E-state index in [0.29, 0.717) is 0 Å². The Bertz CT molecular complexity index is 2310. The van der Waals surface area contributed by atoms with E-state index in [9.17, 15) is 0 Å². The monoisotopic (exact) mass is 901 g/mol. The number of benzene rings is 8. The topological polar surface area (TPSA) is 120 Å². The molecule has 0 saturated carbocycles. The van der Waals surface area contributed by atoms with E-state index < -0.39 is 33.8 Å². The van der Waals surface area contributed by atoms with Gasteiger partial charge in [0.2, 0.25) is 0 Å². The predicted molar refractivity (Wildman–Crippen MR) is 236 cm³/mol. The van der Waals surface area contributed by atoms with Crippen LogP contribution in [0.25, 0.3) is 32.7 Å². The van der Waals surface area contributed by atoms with Gasteiger partial charge < -0.3 is 29.7 Å². The van der Waals surface area contributed by atoms with Gasteiger partial charge in [0, 0.05) is 17.9 Å². The zero-order valence-corrected chi connectivity index (χ0v) is 36.2. The van der Waals surface area contributed by atoms with Gasteiger partial charge in [0.05, 0.1) is 0 Å². The van der Waals surface area contributed by atoms with Crippen LogP contribution in [-0.4, -0.2) is 17.9 Å². The molecule has 9 heteroatoms. The Balaban J connectivity index is 0.000000526. The van der Waals surface area contributed by atoms with Gasteiger partial charge in [-0.25, -0.2) is 0 Å². The van der Waals surface area contributed by atoms with Gasteiger partial charge in [0.15, 0.2) is 0 Å². The largest absolute Gasteiger partial charge is 3.00 e. The summed E-state index contributed by atoms with van der Waals surface area (Å²) in [4.78, 5) is 26.7. The molecule has 0 aliphatic rings. The first-order valence-electron chi connectivity index (χ1n) is 18.4. The van der Waals surface area contributed by atoms with Gasteiger partial charge in [0.25, 0.3) is 0 Å². The zero-order chi connectivity index (χ0) is 41.4. The average molecular weight is 901 g/mol. The van der Waals surface area contributed by atoms with Crippen molar-refractivity contribution in [2.75, 3.05) is 0 Å². The first kappa shape index (κ1) is 45.9. The smallest absolute Gasteiger partial charge is 0.550 e. The molecule has 8 rings (SSSR count). The molecule has 0 atom stereocenters. The number of carboxylic acids is 3. The van der Waals surface area contributed by atoms with Gasteiger partial charge in [-0.2, -0.15) is 0 Å². The number of hydrogen-bond donors (Lipinski definition) is 0. The zero-order valence-electron chi connectivity index (χ0n) is 32.7. The molecule has 0 heterocycles. The Kier molecular flexibility index (Phi) is 17.8. The van der Waals surface area contributed by atoms with Crippen molar-refractivity contribution in [3.8, 4) is 11.1 Å². The van der Waals surface area contributed by atoms with Crippen molar-refractivity contribution in [2.24, 2.45) is 0 Å². The van der Waals surface area contributed by atoms with E-state index >= 15 is 0 Å². The average Bonchev–Trinajstić information content (AvgIpc) is 3.22. The Morgan fingerprint density at radius 3 is 0.814 bits per heavy atom. The molecule has 0 spiro atoms. The van der Waals surface area contributed by atoms with Crippen molar-refractivity contribution >= 4 is 87.1 Å². The fourth-order valence-electron chi connectivity index (χ4n) is 6.58. The third kappa shape index (κ3) is 12.6. The number of hydrogen-bond acceptors (Lipinski definition) is 6. The van der Waals surface area contributed by atoms with Crippen molar-refractivity contribution in [1.29, 1.82) is 0 Å². The summed E-state index contributed by atoms with van der Waals surface area (Å²) < 4.78 is 0. The van der Waals surface area contributed by atoms with E-state index in [1.54, 1.807) is 0 Å². The van der Waals surface area contributed by atoms with Crippen LogP contribution in [0.1, 0.15) is 20.8 Å². The first-order valence-corrected chi connectivity index (χ1v) is 21.1. The maximum Gasteiger partial charge on any atom is 3.00 e. The summed E-state index contributed by atoms with van der Waals surface area (Å²) in [7, 11) is -1.70. The minimum atomic E-state index is -1.08. The molecule has 59 heavy (non-hydrogen) atoms. The second kappa shape index (κ2) is 22.9. The van der Waals surface area contributed by atoms with Crippen LogP contribution >= 0.6 is 15.8 Å². The molecule has 295 valence electrons. The molecule has 1 radical (unpaired) electrons. The minimum Gasteiger partial charge on any atom is -0.550 e. The summed E-state index contributed by atoms with van der Waals surface area (Å²) in [6, 6.07) is 71.8. The molecule has 0 unspecified atom stereocenters. The van der Waals surface area contributed by atoms with Gasteiger partial charge >= 0.3 is 19.5 Å². The van der Waals surface area contributed by atoms with Crippen LogP contribution < -0.4 is 47.1 Å². The summed E-state index contributed by atoms with van der Waals surface area (Å²) in [5.41, 5.74) is 2.70. The molecule has 0 fully saturated rings. The van der Waals surface area contributed by atoms with E-state index in [-0.39, 0.29) is 19.5 Å². The molecular weight excluding hydrogens is 860 g/mol. The summed E-state index contributed by atoms with van der Waals surface area (Å²) >= 11 is 0. The van der Waals surface area contributed by atoms with Crippen molar-refractivity contribution in [3.63, 3.8) is 0 Å². The molecule has 0 aromatic heterocycles. The Morgan fingerprint density at radius 1 is 0.339 bits per heavy atom. The molecule has 0 aliphatic heterocycles. The fourth-order valence-corrected chi connectivity index (χ4v) is 11.5. The fraction of sp³-hybridized carbons (Fsp3) is 0.0600. The predicted octanol–water partition coefficient (Wildman–Crippen LogP) is 5.44. The molecule has 8 aromatic rings. The number of fused-ring (bicyclic) bond motifs is 2. The van der Waals surface area contributed by atoms with Crippen molar-refractivity contribution in [1.82, 2.24) is 0 Å². The number of carbonyl (C=O) groups is 3. The van der Waals surface area contributed by atoms with Crippen LogP contribution in [0.5, 0.6) is 0 Å². The normalized spacial score (nSPS) is 10.2. The standard InChI is InChI=1S/C44H32P2.3C2H4O2.Ru/c1-5-19-35(20-6-1)45(36-21-7-2-8-22-36)41-31-29-33-17-13-15-27-39(33)43(41)44-40-28-16-14-18-34(40)30-32-42(44)46(37-23-9-3-10-24-37)38-25-11-4-12-26-38;3*1-2(3)4;/h1-32H;3*1H3,(H,3,4);/q;;;;+3/p-3. The molecule has 8 aromatic carbocycles. The number of aliphatic carboxylic acids is 3. The molecule has 6 nitrogen and oxygen atoms in total. The van der Waals surface area contributed by atoms with Crippen LogP contribution in [0.15, 0.2) is 194 Å². The van der Waals surface area contributed by atoms with Gasteiger partial charge in [-0.1, -0.05) is 194 Å². The molecular formula is C50H41O6P2Ru. The molecule has 0 saturated heterocycles. The number of carboxylic acid groups (broad SMARTS) is 3. The third-order valence-corrected chi connectivity index (χ3v) is 13.6. The van der Waals surface area contributed by atoms with Gasteiger partial charge in [-0.3, -0.25) is 0 Å². The Labute approximate surface area is 360 Å². The van der Waals surface area contributed by atoms with Crippen LogP contribution in [0.4, 0.5) is 0 Å². The second-order valence-corrected chi connectivity index (χ2v) is 17.2. The van der Waals surface area contributed by atoms with E-state index in [2.05, 4.69) is 194 Å². The molecule has 0 bridgehead atoms. The Hall–Kier alpha value is -5.83. The summed E-state index contributed by atoms with van der Waals surface area (Å²) in [6.07, 6.45) is 0. The van der Waals surface area contributed by atoms with Gasteiger partial charge in [-0.15, -0.1) is 0 Å². The van der Waals surface area contributed by atoms with Crippen LogP contribution in [0, 0.1) is 0 Å². The number of rotatable bonds is 7. The van der Waals surface area contributed by atoms with Gasteiger partial charge in [-0.05, 0) is 101 Å². The molecule has 0 amide bonds. The maximum atomic E-state index is 8.89. The van der Waals surface area contributed by atoms with Crippen LogP contribution in [0.3, 0.4) is 0 Å². The quantitative estimate of drug-likeness (QED) is 0.155. The van der Waals surface area contributed by atoms with Crippen LogP contribution in [-0.2, 0) is 33.9 Å². The summed E-state index contributed by atoms with van der Waals surface area (Å²) in [5, 5.41) is 40.0.